The van der Waals surface area contributed by atoms with Crippen molar-refractivity contribution in [1.82, 2.24) is 9.97 Å². The molecule has 0 spiro atoms. The van der Waals surface area contributed by atoms with Crippen LogP contribution in [-0.2, 0) is 6.42 Å². The van der Waals surface area contributed by atoms with Gasteiger partial charge < -0.3 is 10.2 Å². The first-order valence-corrected chi connectivity index (χ1v) is 7.48. The molecule has 1 aromatic carbocycles. The molecular weight excluding hydrogens is 260 g/mol. The maximum Gasteiger partial charge on any atom is 0.141 e. The van der Waals surface area contributed by atoms with Crippen molar-refractivity contribution in [2.24, 2.45) is 0 Å². The zero-order chi connectivity index (χ0) is 15.4. The average molecular weight is 284 g/mol. The standard InChI is InChI=1S/C17H24N4/c1-6-14-8-10-15(11-9-14)21(5)17-12(3)16(18-7-2)19-13(4)20-17/h8-11H,6-7H2,1-5H3,(H,18,19,20). The summed E-state index contributed by atoms with van der Waals surface area (Å²) in [7, 11) is 2.05. The van der Waals surface area contributed by atoms with Crippen molar-refractivity contribution >= 4 is 17.3 Å². The van der Waals surface area contributed by atoms with Gasteiger partial charge in [-0.2, -0.15) is 0 Å². The molecule has 21 heavy (non-hydrogen) atoms. The van der Waals surface area contributed by atoms with E-state index in [2.05, 4.69) is 65.2 Å². The number of hydrogen-bond donors (Lipinski definition) is 1. The molecule has 1 N–H and O–H groups in total. The van der Waals surface area contributed by atoms with Crippen molar-refractivity contribution in [2.45, 2.75) is 34.1 Å². The fraction of sp³-hybridized carbons (Fsp3) is 0.412. The molecule has 4 nitrogen and oxygen atoms in total. The number of hydrogen-bond acceptors (Lipinski definition) is 4. The summed E-state index contributed by atoms with van der Waals surface area (Å²) in [5, 5.41) is 3.30. The molecule has 0 fully saturated rings. The van der Waals surface area contributed by atoms with Crippen LogP contribution in [0.4, 0.5) is 17.3 Å². The van der Waals surface area contributed by atoms with Gasteiger partial charge in [0.15, 0.2) is 0 Å². The third-order valence-electron chi connectivity index (χ3n) is 3.63. The van der Waals surface area contributed by atoms with Crippen molar-refractivity contribution < 1.29 is 0 Å². The lowest BCUT2D eigenvalue weighted by molar-refractivity contribution is 0.982. The number of rotatable bonds is 5. The predicted octanol–water partition coefficient (Wildman–Crippen LogP) is 3.86. The first-order chi connectivity index (χ1) is 10.1. The molecule has 0 aliphatic rings. The number of aryl methyl sites for hydroxylation is 2. The summed E-state index contributed by atoms with van der Waals surface area (Å²) in [6.07, 6.45) is 1.06. The molecule has 4 heteroatoms. The van der Waals surface area contributed by atoms with Crippen molar-refractivity contribution in [3.8, 4) is 0 Å². The molecule has 0 bridgehead atoms. The summed E-state index contributed by atoms with van der Waals surface area (Å²) in [4.78, 5) is 11.2. The van der Waals surface area contributed by atoms with Crippen LogP contribution in [0.25, 0.3) is 0 Å². The van der Waals surface area contributed by atoms with Crippen LogP contribution in [0.3, 0.4) is 0 Å². The van der Waals surface area contributed by atoms with Crippen LogP contribution in [0, 0.1) is 13.8 Å². The van der Waals surface area contributed by atoms with E-state index in [9.17, 15) is 0 Å². The van der Waals surface area contributed by atoms with Gasteiger partial charge in [0, 0.05) is 24.8 Å². The van der Waals surface area contributed by atoms with Crippen molar-refractivity contribution in [2.75, 3.05) is 23.8 Å². The van der Waals surface area contributed by atoms with Gasteiger partial charge in [-0.1, -0.05) is 19.1 Å². The zero-order valence-electron chi connectivity index (χ0n) is 13.6. The lowest BCUT2D eigenvalue weighted by atomic mass is 10.1. The molecule has 0 aliphatic heterocycles. The van der Waals surface area contributed by atoms with E-state index in [1.54, 1.807) is 0 Å². The van der Waals surface area contributed by atoms with Gasteiger partial charge in [-0.15, -0.1) is 0 Å². The van der Waals surface area contributed by atoms with Crippen molar-refractivity contribution in [1.29, 1.82) is 0 Å². The van der Waals surface area contributed by atoms with E-state index < -0.39 is 0 Å². The van der Waals surface area contributed by atoms with Gasteiger partial charge >= 0.3 is 0 Å². The minimum Gasteiger partial charge on any atom is -0.370 e. The van der Waals surface area contributed by atoms with Crippen LogP contribution < -0.4 is 10.2 Å². The van der Waals surface area contributed by atoms with Gasteiger partial charge in [0.2, 0.25) is 0 Å². The fourth-order valence-electron chi connectivity index (χ4n) is 2.36. The highest BCUT2D eigenvalue weighted by Gasteiger charge is 2.13. The second-order valence-electron chi connectivity index (χ2n) is 5.18. The van der Waals surface area contributed by atoms with Crippen molar-refractivity contribution in [3.63, 3.8) is 0 Å². The molecule has 0 saturated carbocycles. The lowest BCUT2D eigenvalue weighted by Crippen LogP contribution is -2.16. The van der Waals surface area contributed by atoms with Crippen LogP contribution in [0.5, 0.6) is 0 Å². The molecule has 0 amide bonds. The average Bonchev–Trinajstić information content (AvgIpc) is 2.50. The molecule has 0 saturated heterocycles. The maximum absolute atomic E-state index is 4.61. The molecule has 0 unspecified atom stereocenters. The van der Waals surface area contributed by atoms with E-state index in [0.717, 1.165) is 41.7 Å². The second-order valence-corrected chi connectivity index (χ2v) is 5.18. The summed E-state index contributed by atoms with van der Waals surface area (Å²) < 4.78 is 0. The molecule has 0 atom stereocenters. The Morgan fingerprint density at radius 1 is 1.05 bits per heavy atom. The summed E-state index contributed by atoms with van der Waals surface area (Å²) in [5.41, 5.74) is 3.55. The maximum atomic E-state index is 4.61. The minimum absolute atomic E-state index is 0.781. The Balaban J connectivity index is 2.39. The van der Waals surface area contributed by atoms with Gasteiger partial charge in [0.25, 0.3) is 0 Å². The Morgan fingerprint density at radius 2 is 1.71 bits per heavy atom. The first-order valence-electron chi connectivity index (χ1n) is 7.48. The molecule has 1 aromatic heterocycles. The third kappa shape index (κ3) is 3.32. The van der Waals surface area contributed by atoms with Crippen molar-refractivity contribution in [3.05, 3.63) is 41.2 Å². The summed E-state index contributed by atoms with van der Waals surface area (Å²) >= 11 is 0. The van der Waals surface area contributed by atoms with Crippen LogP contribution >= 0.6 is 0 Å². The topological polar surface area (TPSA) is 41.1 Å². The molecule has 0 radical (unpaired) electrons. The number of aromatic nitrogens is 2. The number of nitrogens with zero attached hydrogens (tertiary/aromatic N) is 3. The molecular formula is C17H24N4. The summed E-state index contributed by atoms with van der Waals surface area (Å²) in [6, 6.07) is 8.62. The number of anilines is 3. The van der Waals surface area contributed by atoms with E-state index in [4.69, 9.17) is 0 Å². The Hall–Kier alpha value is -2.10. The second kappa shape index (κ2) is 6.57. The van der Waals surface area contributed by atoms with Gasteiger partial charge in [-0.25, -0.2) is 9.97 Å². The van der Waals surface area contributed by atoms with Crippen LogP contribution in [0.2, 0.25) is 0 Å². The Morgan fingerprint density at radius 3 is 2.29 bits per heavy atom. The smallest absolute Gasteiger partial charge is 0.141 e. The van der Waals surface area contributed by atoms with Gasteiger partial charge in [-0.3, -0.25) is 0 Å². The molecule has 0 aliphatic carbocycles. The number of benzene rings is 1. The van der Waals surface area contributed by atoms with Crippen LogP contribution in [0.1, 0.15) is 30.8 Å². The minimum atomic E-state index is 0.781. The van der Waals surface area contributed by atoms with Crippen LogP contribution in [-0.4, -0.2) is 23.6 Å². The zero-order valence-corrected chi connectivity index (χ0v) is 13.6. The van der Waals surface area contributed by atoms with E-state index in [1.165, 1.54) is 5.56 Å². The highest BCUT2D eigenvalue weighted by atomic mass is 15.2. The normalized spacial score (nSPS) is 10.5. The van der Waals surface area contributed by atoms with E-state index in [1.807, 2.05) is 14.0 Å². The predicted molar refractivity (Wildman–Crippen MR) is 89.6 cm³/mol. The number of nitrogens with one attached hydrogen (secondary N) is 1. The Kier molecular flexibility index (Phi) is 4.78. The highest BCUT2D eigenvalue weighted by Crippen LogP contribution is 2.28. The SMILES string of the molecule is CCNc1nc(C)nc(N(C)c2ccc(CC)cc2)c1C. The molecule has 2 rings (SSSR count). The first kappa shape index (κ1) is 15.3. The molecule has 112 valence electrons. The molecule has 2 aromatic rings. The molecule has 1 heterocycles. The monoisotopic (exact) mass is 284 g/mol. The lowest BCUT2D eigenvalue weighted by Gasteiger charge is -2.22. The quantitative estimate of drug-likeness (QED) is 0.905. The van der Waals surface area contributed by atoms with E-state index in [-0.39, 0.29) is 0 Å². The summed E-state index contributed by atoms with van der Waals surface area (Å²) in [6.45, 7) is 9.08. The highest BCUT2D eigenvalue weighted by molar-refractivity contribution is 5.66. The fourth-order valence-corrected chi connectivity index (χ4v) is 2.36. The van der Waals surface area contributed by atoms with Gasteiger partial charge in [-0.05, 0) is 44.9 Å². The van der Waals surface area contributed by atoms with Gasteiger partial charge in [0.1, 0.15) is 17.5 Å². The third-order valence-corrected chi connectivity index (χ3v) is 3.63. The van der Waals surface area contributed by atoms with E-state index >= 15 is 0 Å². The Bertz CT molecular complexity index is 605. The Labute approximate surface area is 127 Å². The summed E-state index contributed by atoms with van der Waals surface area (Å²) in [5.74, 6) is 2.64. The largest absolute Gasteiger partial charge is 0.370 e. The van der Waals surface area contributed by atoms with Gasteiger partial charge in [0.05, 0.1) is 0 Å². The van der Waals surface area contributed by atoms with Crippen LogP contribution in [0.15, 0.2) is 24.3 Å². The van der Waals surface area contributed by atoms with E-state index in [0.29, 0.717) is 0 Å².